The molecule has 5 heteroatoms. The summed E-state index contributed by atoms with van der Waals surface area (Å²) in [6.45, 7) is 5.73. The molecule has 0 bridgehead atoms. The van der Waals surface area contributed by atoms with Crippen molar-refractivity contribution in [2.75, 3.05) is 4.72 Å². The van der Waals surface area contributed by atoms with Crippen molar-refractivity contribution in [1.82, 2.24) is 0 Å². The molecule has 0 atom stereocenters. The fourth-order valence-electron chi connectivity index (χ4n) is 1.78. The number of benzene rings is 1. The maximum Gasteiger partial charge on any atom is 0.357 e. The van der Waals surface area contributed by atoms with Gasteiger partial charge in [-0.15, -0.1) is 0 Å². The van der Waals surface area contributed by atoms with E-state index < -0.39 is 10.3 Å². The van der Waals surface area contributed by atoms with Crippen LogP contribution in [0.25, 0.3) is 0 Å². The molecule has 0 radical (unpaired) electrons. The Morgan fingerprint density at radius 1 is 1.25 bits per heavy atom. The quantitative estimate of drug-likeness (QED) is 0.798. The molecule has 2 N–H and O–H groups in total. The third-order valence-corrected chi connectivity index (χ3v) is 2.82. The molecule has 90 valence electrons. The molecule has 4 nitrogen and oxygen atoms in total. The Bertz CT molecular complexity index is 457. The van der Waals surface area contributed by atoms with Crippen LogP contribution >= 0.6 is 0 Å². The third kappa shape index (κ3) is 3.50. The SMILES string of the molecule is CCCc1cc(C)c(NS(=O)(=O)O)c(C)c1. The summed E-state index contributed by atoms with van der Waals surface area (Å²) in [6, 6.07) is 3.87. The van der Waals surface area contributed by atoms with Gasteiger partial charge in [0.25, 0.3) is 0 Å². The first-order valence-electron chi connectivity index (χ1n) is 5.19. The molecular formula is C11H17NO3S. The monoisotopic (exact) mass is 243 g/mol. The highest BCUT2D eigenvalue weighted by Crippen LogP contribution is 2.23. The van der Waals surface area contributed by atoms with E-state index in [1.807, 2.05) is 26.0 Å². The van der Waals surface area contributed by atoms with Crippen molar-refractivity contribution < 1.29 is 13.0 Å². The summed E-state index contributed by atoms with van der Waals surface area (Å²) >= 11 is 0. The van der Waals surface area contributed by atoms with E-state index in [4.69, 9.17) is 4.55 Å². The minimum Gasteiger partial charge on any atom is -0.269 e. The first kappa shape index (κ1) is 13.0. The molecule has 0 unspecified atom stereocenters. The lowest BCUT2D eigenvalue weighted by Gasteiger charge is -2.12. The van der Waals surface area contributed by atoms with Gasteiger partial charge in [0.2, 0.25) is 0 Å². The molecule has 0 aliphatic rings. The van der Waals surface area contributed by atoms with Crippen LogP contribution < -0.4 is 4.72 Å². The van der Waals surface area contributed by atoms with Gasteiger partial charge in [-0.3, -0.25) is 9.27 Å². The van der Waals surface area contributed by atoms with Gasteiger partial charge in [-0.05, 0) is 37.0 Å². The third-order valence-electron chi connectivity index (χ3n) is 2.36. The van der Waals surface area contributed by atoms with Crippen molar-refractivity contribution in [2.45, 2.75) is 33.6 Å². The summed E-state index contributed by atoms with van der Waals surface area (Å²) in [5, 5.41) is 0. The fraction of sp³-hybridized carbons (Fsp3) is 0.455. The first-order valence-corrected chi connectivity index (χ1v) is 6.63. The fourth-order valence-corrected chi connectivity index (χ4v) is 2.36. The second-order valence-electron chi connectivity index (χ2n) is 3.93. The van der Waals surface area contributed by atoms with Crippen LogP contribution in [0.1, 0.15) is 30.0 Å². The van der Waals surface area contributed by atoms with Gasteiger partial charge in [0, 0.05) is 0 Å². The van der Waals surface area contributed by atoms with Crippen LogP contribution in [0.3, 0.4) is 0 Å². The molecule has 0 amide bonds. The zero-order chi connectivity index (χ0) is 12.3. The molecule has 0 heterocycles. The van der Waals surface area contributed by atoms with Crippen LogP contribution in [-0.2, 0) is 16.7 Å². The van der Waals surface area contributed by atoms with E-state index in [2.05, 4.69) is 11.6 Å². The molecule has 1 aromatic carbocycles. The Labute approximate surface area is 96.6 Å². The lowest BCUT2D eigenvalue weighted by Crippen LogP contribution is -2.12. The Kier molecular flexibility index (Phi) is 3.93. The number of hydrogen-bond acceptors (Lipinski definition) is 2. The molecule has 1 aromatic rings. The zero-order valence-corrected chi connectivity index (χ0v) is 10.6. The van der Waals surface area contributed by atoms with Gasteiger partial charge in [0.05, 0.1) is 5.69 Å². The van der Waals surface area contributed by atoms with Crippen LogP contribution in [0.5, 0.6) is 0 Å². The maximum absolute atomic E-state index is 10.8. The number of nitrogens with one attached hydrogen (secondary N) is 1. The Morgan fingerprint density at radius 2 is 1.75 bits per heavy atom. The van der Waals surface area contributed by atoms with Crippen molar-refractivity contribution >= 4 is 16.0 Å². The van der Waals surface area contributed by atoms with Crippen molar-refractivity contribution in [3.05, 3.63) is 28.8 Å². The van der Waals surface area contributed by atoms with E-state index in [-0.39, 0.29) is 0 Å². The summed E-state index contributed by atoms with van der Waals surface area (Å²) in [5.74, 6) is 0. The number of rotatable bonds is 4. The lowest BCUT2D eigenvalue weighted by atomic mass is 10.0. The zero-order valence-electron chi connectivity index (χ0n) is 9.74. The Morgan fingerprint density at radius 3 is 2.12 bits per heavy atom. The summed E-state index contributed by atoms with van der Waals surface area (Å²) in [5.41, 5.74) is 3.28. The molecule has 16 heavy (non-hydrogen) atoms. The van der Waals surface area contributed by atoms with Crippen molar-refractivity contribution in [2.24, 2.45) is 0 Å². The van der Waals surface area contributed by atoms with Crippen molar-refractivity contribution in [1.29, 1.82) is 0 Å². The molecule has 1 rings (SSSR count). The van der Waals surface area contributed by atoms with Gasteiger partial charge in [0.15, 0.2) is 0 Å². The predicted molar refractivity (Wildman–Crippen MR) is 65.1 cm³/mol. The van der Waals surface area contributed by atoms with E-state index in [1.54, 1.807) is 0 Å². The van der Waals surface area contributed by atoms with E-state index in [9.17, 15) is 8.42 Å². The molecule has 0 spiro atoms. The van der Waals surface area contributed by atoms with E-state index in [0.29, 0.717) is 5.69 Å². The molecule has 0 fully saturated rings. The van der Waals surface area contributed by atoms with Crippen molar-refractivity contribution in [3.63, 3.8) is 0 Å². The average molecular weight is 243 g/mol. The largest absolute Gasteiger partial charge is 0.357 e. The molecule has 0 aliphatic heterocycles. The van der Waals surface area contributed by atoms with Crippen LogP contribution in [0.4, 0.5) is 5.69 Å². The minimum absolute atomic E-state index is 0.461. The molecule has 0 aromatic heterocycles. The van der Waals surface area contributed by atoms with Gasteiger partial charge >= 0.3 is 10.3 Å². The lowest BCUT2D eigenvalue weighted by molar-refractivity contribution is 0.489. The summed E-state index contributed by atoms with van der Waals surface area (Å²) in [4.78, 5) is 0. The normalized spacial score (nSPS) is 11.5. The average Bonchev–Trinajstić information content (AvgIpc) is 2.10. The second-order valence-corrected chi connectivity index (χ2v) is 5.09. The topological polar surface area (TPSA) is 66.4 Å². The summed E-state index contributed by atoms with van der Waals surface area (Å²) in [7, 11) is -4.20. The van der Waals surface area contributed by atoms with Crippen LogP contribution in [0, 0.1) is 13.8 Å². The number of anilines is 1. The predicted octanol–water partition coefficient (Wildman–Crippen LogP) is 2.47. The highest BCUT2D eigenvalue weighted by Gasteiger charge is 2.10. The van der Waals surface area contributed by atoms with E-state index >= 15 is 0 Å². The van der Waals surface area contributed by atoms with Crippen LogP contribution in [0.15, 0.2) is 12.1 Å². The number of hydrogen-bond donors (Lipinski definition) is 2. The maximum atomic E-state index is 10.8. The standard InChI is InChI=1S/C11H17NO3S/c1-4-5-10-6-8(2)11(9(3)7-10)12-16(13,14)15/h6-7,12H,4-5H2,1-3H3,(H,13,14,15). The minimum atomic E-state index is -4.20. The Hall–Kier alpha value is -1.07. The smallest absolute Gasteiger partial charge is 0.269 e. The highest BCUT2D eigenvalue weighted by molar-refractivity contribution is 7.87. The second kappa shape index (κ2) is 4.84. The van der Waals surface area contributed by atoms with Gasteiger partial charge in [0.1, 0.15) is 0 Å². The van der Waals surface area contributed by atoms with Crippen molar-refractivity contribution in [3.8, 4) is 0 Å². The summed E-state index contributed by atoms with van der Waals surface area (Å²) in [6.07, 6.45) is 2.01. The van der Waals surface area contributed by atoms with Gasteiger partial charge in [-0.1, -0.05) is 25.5 Å². The van der Waals surface area contributed by atoms with E-state index in [0.717, 1.165) is 24.0 Å². The van der Waals surface area contributed by atoms with Gasteiger partial charge in [-0.25, -0.2) is 0 Å². The highest BCUT2D eigenvalue weighted by atomic mass is 32.2. The molecular weight excluding hydrogens is 226 g/mol. The van der Waals surface area contributed by atoms with Crippen LogP contribution in [0.2, 0.25) is 0 Å². The Balaban J connectivity index is 3.12. The molecule has 0 saturated heterocycles. The molecule has 0 aliphatic carbocycles. The van der Waals surface area contributed by atoms with Gasteiger partial charge < -0.3 is 0 Å². The first-order chi connectivity index (χ1) is 7.33. The van der Waals surface area contributed by atoms with E-state index in [1.165, 1.54) is 5.56 Å². The molecule has 0 saturated carbocycles. The van der Waals surface area contributed by atoms with Crippen LogP contribution in [-0.4, -0.2) is 13.0 Å². The van der Waals surface area contributed by atoms with Gasteiger partial charge in [-0.2, -0.15) is 8.42 Å². The number of aryl methyl sites for hydroxylation is 3. The summed E-state index contributed by atoms with van der Waals surface area (Å²) < 4.78 is 32.4.